The summed E-state index contributed by atoms with van der Waals surface area (Å²) in [6.07, 6.45) is 1.73. The Kier molecular flexibility index (Phi) is 6.85. The summed E-state index contributed by atoms with van der Waals surface area (Å²) >= 11 is 5.66. The SMILES string of the molecule is CC(C)(C)C1NC(C(=O)NC23CCC(NC(=O)COc4ccc(Cl)c(F)c4)(CC2)C(O)C3)CO1. The summed E-state index contributed by atoms with van der Waals surface area (Å²) in [4.78, 5) is 25.5. The highest BCUT2D eigenvalue weighted by Crippen LogP contribution is 2.47. The number of benzene rings is 1. The number of nitrogens with one attached hydrogen (secondary N) is 3. The quantitative estimate of drug-likeness (QED) is 0.480. The van der Waals surface area contributed by atoms with Gasteiger partial charge in [-0.05, 0) is 44.2 Å². The fourth-order valence-corrected chi connectivity index (χ4v) is 5.28. The number of carbonyl (C=O) groups excluding carboxylic acids is 2. The maximum atomic E-state index is 13.6. The average molecular weight is 498 g/mol. The lowest BCUT2D eigenvalue weighted by Crippen LogP contribution is -2.71. The first kappa shape index (κ1) is 25.2. The van der Waals surface area contributed by atoms with Gasteiger partial charge in [-0.1, -0.05) is 32.4 Å². The minimum Gasteiger partial charge on any atom is -0.484 e. The van der Waals surface area contributed by atoms with Crippen LogP contribution in [0.25, 0.3) is 0 Å². The van der Waals surface area contributed by atoms with E-state index >= 15 is 0 Å². The highest BCUT2D eigenvalue weighted by atomic mass is 35.5. The number of fused-ring (bicyclic) bond motifs is 3. The summed E-state index contributed by atoms with van der Waals surface area (Å²) in [6, 6.07) is 3.53. The molecule has 3 atom stereocenters. The summed E-state index contributed by atoms with van der Waals surface area (Å²) in [5, 5.41) is 20.3. The van der Waals surface area contributed by atoms with Crippen molar-refractivity contribution in [3.05, 3.63) is 29.0 Å². The number of ether oxygens (including phenoxy) is 2. The van der Waals surface area contributed by atoms with E-state index in [2.05, 4.69) is 36.7 Å². The monoisotopic (exact) mass is 497 g/mol. The minimum absolute atomic E-state index is 0.0240. The number of hydrogen-bond acceptors (Lipinski definition) is 6. The van der Waals surface area contributed by atoms with Crippen molar-refractivity contribution in [2.45, 2.75) is 82.3 Å². The zero-order valence-corrected chi connectivity index (χ0v) is 20.5. The van der Waals surface area contributed by atoms with Gasteiger partial charge in [0.2, 0.25) is 5.91 Å². The van der Waals surface area contributed by atoms with E-state index in [-0.39, 0.29) is 34.9 Å². The van der Waals surface area contributed by atoms with Crippen LogP contribution in [-0.2, 0) is 14.3 Å². The molecule has 188 valence electrons. The molecule has 0 radical (unpaired) electrons. The van der Waals surface area contributed by atoms with Crippen LogP contribution in [0.5, 0.6) is 5.75 Å². The molecule has 4 aliphatic rings. The van der Waals surface area contributed by atoms with Gasteiger partial charge in [-0.2, -0.15) is 0 Å². The van der Waals surface area contributed by atoms with Crippen molar-refractivity contribution in [2.75, 3.05) is 13.2 Å². The van der Waals surface area contributed by atoms with Crippen LogP contribution in [0.15, 0.2) is 18.2 Å². The normalized spacial score (nSPS) is 32.9. The molecule has 1 aromatic carbocycles. The van der Waals surface area contributed by atoms with Crippen molar-refractivity contribution < 1.29 is 28.6 Å². The lowest BCUT2D eigenvalue weighted by Gasteiger charge is -2.56. The Balaban J connectivity index is 1.30. The van der Waals surface area contributed by atoms with Crippen LogP contribution < -0.4 is 20.7 Å². The van der Waals surface area contributed by atoms with E-state index in [9.17, 15) is 19.1 Å². The highest BCUT2D eigenvalue weighted by molar-refractivity contribution is 6.30. The Labute approximate surface area is 203 Å². The Hall–Kier alpha value is -1.94. The second kappa shape index (κ2) is 9.26. The van der Waals surface area contributed by atoms with Crippen molar-refractivity contribution in [1.29, 1.82) is 0 Å². The molecule has 10 heteroatoms. The van der Waals surface area contributed by atoms with Gasteiger partial charge in [-0.3, -0.25) is 14.9 Å². The molecular weight excluding hydrogens is 465 g/mol. The maximum absolute atomic E-state index is 13.6. The first-order valence-corrected chi connectivity index (χ1v) is 12.1. The predicted molar refractivity (Wildman–Crippen MR) is 124 cm³/mol. The second-order valence-corrected chi connectivity index (χ2v) is 11.3. The number of aliphatic hydroxyl groups excluding tert-OH is 1. The molecule has 3 saturated carbocycles. The number of aliphatic hydroxyl groups is 1. The van der Waals surface area contributed by atoms with Gasteiger partial charge in [0.25, 0.3) is 5.91 Å². The van der Waals surface area contributed by atoms with Crippen molar-refractivity contribution in [1.82, 2.24) is 16.0 Å². The van der Waals surface area contributed by atoms with Crippen LogP contribution in [0.2, 0.25) is 5.02 Å². The molecule has 8 nitrogen and oxygen atoms in total. The van der Waals surface area contributed by atoms with Crippen LogP contribution in [0, 0.1) is 11.2 Å². The molecule has 4 fully saturated rings. The zero-order valence-electron chi connectivity index (χ0n) is 19.7. The van der Waals surface area contributed by atoms with E-state index in [0.29, 0.717) is 38.7 Å². The molecule has 2 amide bonds. The molecule has 0 spiro atoms. The maximum Gasteiger partial charge on any atom is 0.258 e. The lowest BCUT2D eigenvalue weighted by molar-refractivity contribution is -0.136. The van der Waals surface area contributed by atoms with E-state index in [1.807, 2.05) is 0 Å². The lowest BCUT2D eigenvalue weighted by atomic mass is 9.60. The number of carbonyl (C=O) groups is 2. The highest BCUT2D eigenvalue weighted by Gasteiger charge is 2.55. The van der Waals surface area contributed by atoms with E-state index < -0.39 is 34.9 Å². The van der Waals surface area contributed by atoms with E-state index in [1.54, 1.807) is 0 Å². The smallest absolute Gasteiger partial charge is 0.258 e. The van der Waals surface area contributed by atoms with Crippen LogP contribution in [0.3, 0.4) is 0 Å². The number of rotatable bonds is 6. The van der Waals surface area contributed by atoms with Crippen molar-refractivity contribution in [3.8, 4) is 5.75 Å². The zero-order chi connectivity index (χ0) is 24.7. The van der Waals surface area contributed by atoms with Gasteiger partial charge >= 0.3 is 0 Å². The van der Waals surface area contributed by atoms with Gasteiger partial charge in [0, 0.05) is 17.0 Å². The molecule has 1 saturated heterocycles. The first-order chi connectivity index (χ1) is 15.9. The van der Waals surface area contributed by atoms with Gasteiger partial charge < -0.3 is 25.2 Å². The van der Waals surface area contributed by atoms with Gasteiger partial charge in [0.1, 0.15) is 23.8 Å². The summed E-state index contributed by atoms with van der Waals surface area (Å²) < 4.78 is 24.7. The molecule has 3 unspecified atom stereocenters. The van der Waals surface area contributed by atoms with Crippen molar-refractivity contribution >= 4 is 23.4 Å². The molecule has 1 aliphatic heterocycles. The molecule has 1 heterocycles. The molecule has 2 bridgehead atoms. The van der Waals surface area contributed by atoms with E-state index in [4.69, 9.17) is 21.1 Å². The summed E-state index contributed by atoms with van der Waals surface area (Å²) in [5.41, 5.74) is -1.38. The van der Waals surface area contributed by atoms with Crippen LogP contribution in [-0.4, -0.2) is 59.6 Å². The Morgan fingerprint density at radius 3 is 2.56 bits per heavy atom. The number of hydrogen-bond donors (Lipinski definition) is 4. The van der Waals surface area contributed by atoms with Gasteiger partial charge in [-0.15, -0.1) is 0 Å². The molecule has 1 aromatic rings. The predicted octanol–water partition coefficient (Wildman–Crippen LogP) is 2.27. The Morgan fingerprint density at radius 2 is 1.97 bits per heavy atom. The fraction of sp³-hybridized carbons (Fsp3) is 0.667. The third kappa shape index (κ3) is 5.17. The third-order valence-corrected chi connectivity index (χ3v) is 7.55. The Bertz CT molecular complexity index is 945. The van der Waals surface area contributed by atoms with Crippen LogP contribution in [0.1, 0.15) is 52.9 Å². The summed E-state index contributed by atoms with van der Waals surface area (Å²) in [6.45, 7) is 6.16. The molecule has 5 rings (SSSR count). The summed E-state index contributed by atoms with van der Waals surface area (Å²) in [7, 11) is 0. The van der Waals surface area contributed by atoms with E-state index in [0.717, 1.165) is 6.07 Å². The molecule has 34 heavy (non-hydrogen) atoms. The number of halogens is 2. The van der Waals surface area contributed by atoms with Gasteiger partial charge in [-0.25, -0.2) is 4.39 Å². The minimum atomic E-state index is -0.803. The molecule has 3 aliphatic carbocycles. The second-order valence-electron chi connectivity index (χ2n) is 10.9. The van der Waals surface area contributed by atoms with Gasteiger partial charge in [0.05, 0.1) is 23.3 Å². The standard InChI is InChI=1S/C24H33ClFN3O5/c1-22(2,3)21-27-17(12-34-21)20(32)29-23-6-8-24(9-7-23,18(30)11-23)28-19(31)13-33-14-4-5-15(25)16(26)10-14/h4-5,10,17-18,21,27,30H,6-9,11-13H2,1-3H3,(H,28,31)(H,29,32). The molecule has 0 aromatic heterocycles. The molecular formula is C24H33ClFN3O5. The molecule has 4 N–H and O–H groups in total. The number of amides is 2. The average Bonchev–Trinajstić information content (AvgIpc) is 3.27. The van der Waals surface area contributed by atoms with Crippen LogP contribution in [0.4, 0.5) is 4.39 Å². The summed E-state index contributed by atoms with van der Waals surface area (Å²) in [5.74, 6) is -0.948. The Morgan fingerprint density at radius 1 is 1.26 bits per heavy atom. The topological polar surface area (TPSA) is 109 Å². The largest absolute Gasteiger partial charge is 0.484 e. The third-order valence-electron chi connectivity index (χ3n) is 7.24. The van der Waals surface area contributed by atoms with E-state index in [1.165, 1.54) is 12.1 Å². The van der Waals surface area contributed by atoms with Crippen molar-refractivity contribution in [3.63, 3.8) is 0 Å². The van der Waals surface area contributed by atoms with Crippen molar-refractivity contribution in [2.24, 2.45) is 5.41 Å². The van der Waals surface area contributed by atoms with Gasteiger partial charge in [0.15, 0.2) is 6.61 Å². The first-order valence-electron chi connectivity index (χ1n) is 11.7. The van der Waals surface area contributed by atoms with Crippen LogP contribution >= 0.6 is 11.6 Å². The fourth-order valence-electron chi connectivity index (χ4n) is 5.16.